The zero-order valence-electron chi connectivity index (χ0n) is 52.9. The van der Waals surface area contributed by atoms with Gasteiger partial charge in [0, 0.05) is 126 Å². The zero-order valence-corrected chi connectivity index (χ0v) is 53.7. The van der Waals surface area contributed by atoms with Crippen molar-refractivity contribution in [3.05, 3.63) is 105 Å². The maximum atomic E-state index is 14.8. The molecule has 474 valence electrons. The fraction of sp³-hybridized carbons (Fsp3) is 0.556. The van der Waals surface area contributed by atoms with Crippen molar-refractivity contribution in [1.82, 2.24) is 54.3 Å². The van der Waals surface area contributed by atoms with E-state index in [1.54, 1.807) is 78.8 Å². The topological polar surface area (TPSA) is 239 Å². The number of carbonyl (C=O) groups excluding carboxylic acids is 2. The Labute approximate surface area is 514 Å². The van der Waals surface area contributed by atoms with Gasteiger partial charge in [-0.15, -0.1) is 0 Å². The summed E-state index contributed by atoms with van der Waals surface area (Å²) in [6.07, 6.45) is 5.10. The fourth-order valence-electron chi connectivity index (χ4n) is 12.1. The van der Waals surface area contributed by atoms with Crippen LogP contribution < -0.4 is 30.1 Å². The van der Waals surface area contributed by atoms with Gasteiger partial charge in [0.25, 0.3) is 5.56 Å². The van der Waals surface area contributed by atoms with Gasteiger partial charge in [-0.05, 0) is 98.6 Å². The van der Waals surface area contributed by atoms with Crippen LogP contribution >= 0.6 is 0 Å². The molecule has 2 amide bonds. The van der Waals surface area contributed by atoms with Gasteiger partial charge >= 0.3 is 6.09 Å². The molecule has 4 aromatic heterocycles. The highest BCUT2D eigenvalue weighted by Gasteiger charge is 2.44. The number of hydrogen-bond acceptors (Lipinski definition) is 19. The lowest BCUT2D eigenvalue weighted by atomic mass is 9.90. The molecule has 3 atom stereocenters. The minimum atomic E-state index is -3.84. The number of sulfone groups is 1. The first-order valence-electron chi connectivity index (χ1n) is 30.3. The number of carbonyl (C=O) groups is 2. The molecule has 23 nitrogen and oxygen atoms in total. The van der Waals surface area contributed by atoms with Crippen molar-refractivity contribution in [3.63, 3.8) is 0 Å². The monoisotopic (exact) mass is 1230 g/mol. The number of fused-ring (bicyclic) bond motifs is 2. The first-order chi connectivity index (χ1) is 41.6. The van der Waals surface area contributed by atoms with E-state index in [4.69, 9.17) is 18.9 Å². The number of aromatic nitrogens is 7. The fourth-order valence-corrected chi connectivity index (χ4v) is 13.4. The molecular weight excluding hydrogens is 1150 g/mol. The Kier molecular flexibility index (Phi) is 18.6. The van der Waals surface area contributed by atoms with E-state index in [-0.39, 0.29) is 59.3 Å². The van der Waals surface area contributed by atoms with Crippen LogP contribution in [0.3, 0.4) is 0 Å². The number of nitrogens with zero attached hydrogens (tertiary/aromatic N) is 12. The molecule has 0 aliphatic carbocycles. The van der Waals surface area contributed by atoms with Gasteiger partial charge in [0.1, 0.15) is 52.7 Å². The van der Waals surface area contributed by atoms with Crippen LogP contribution in [-0.4, -0.2) is 202 Å². The van der Waals surface area contributed by atoms with Crippen molar-refractivity contribution in [3.8, 4) is 11.5 Å². The summed E-state index contributed by atoms with van der Waals surface area (Å²) in [4.78, 5) is 73.2. The summed E-state index contributed by atoms with van der Waals surface area (Å²) in [5, 5.41) is 11.1. The molecule has 10 rings (SSSR count). The van der Waals surface area contributed by atoms with Crippen molar-refractivity contribution in [2.24, 2.45) is 7.05 Å². The number of piperazine rings is 2. The minimum absolute atomic E-state index is 0.0849. The van der Waals surface area contributed by atoms with Crippen LogP contribution in [0.15, 0.2) is 70.9 Å². The molecule has 6 aromatic rings. The normalized spacial score (nSPS) is 19.7. The van der Waals surface area contributed by atoms with Crippen molar-refractivity contribution in [2.45, 2.75) is 128 Å². The van der Waals surface area contributed by atoms with Crippen LogP contribution in [0.5, 0.6) is 11.5 Å². The molecule has 25 heteroatoms. The van der Waals surface area contributed by atoms with E-state index in [2.05, 4.69) is 55.0 Å². The number of ether oxygens (including phenoxy) is 4. The first kappa shape index (κ1) is 63.7. The molecule has 3 saturated heterocycles. The van der Waals surface area contributed by atoms with E-state index in [0.29, 0.717) is 124 Å². The second kappa shape index (κ2) is 25.6. The number of aromatic amines is 1. The molecule has 2 aromatic carbocycles. The number of benzene rings is 2. The lowest BCUT2D eigenvalue weighted by Gasteiger charge is -2.47. The van der Waals surface area contributed by atoms with Gasteiger partial charge in [-0.25, -0.2) is 37.5 Å². The van der Waals surface area contributed by atoms with Gasteiger partial charge in [0.05, 0.1) is 59.5 Å². The number of H-pyrrole nitrogens is 1. The number of morpholine rings is 1. The number of aryl methyl sites for hydroxylation is 1. The third-order valence-corrected chi connectivity index (χ3v) is 19.6. The van der Waals surface area contributed by atoms with Crippen LogP contribution in [0.1, 0.15) is 96.8 Å². The van der Waals surface area contributed by atoms with Crippen LogP contribution in [0.2, 0.25) is 0 Å². The highest BCUT2D eigenvalue weighted by atomic mass is 32.2. The Balaban J connectivity index is 0.724. The molecule has 0 unspecified atom stereocenters. The van der Waals surface area contributed by atoms with Crippen LogP contribution in [0, 0.1) is 19.7 Å². The molecule has 3 fully saturated rings. The Hall–Kier alpha value is -7.32. The van der Waals surface area contributed by atoms with Crippen molar-refractivity contribution >= 4 is 56.0 Å². The Bertz CT molecular complexity index is 3670. The molecule has 4 aliphatic rings. The quantitative estimate of drug-likeness (QED) is 0.0840. The highest BCUT2D eigenvalue weighted by molar-refractivity contribution is 7.92. The van der Waals surface area contributed by atoms with Gasteiger partial charge in [-0.2, -0.15) is 5.10 Å². The van der Waals surface area contributed by atoms with Gasteiger partial charge in [0.15, 0.2) is 15.6 Å². The average molecular weight is 1230 g/mol. The lowest BCUT2D eigenvalue weighted by Crippen LogP contribution is -2.64. The van der Waals surface area contributed by atoms with E-state index in [0.717, 1.165) is 42.1 Å². The molecule has 4 aliphatic heterocycles. The number of amides is 2. The van der Waals surface area contributed by atoms with E-state index < -0.39 is 31.7 Å². The summed E-state index contributed by atoms with van der Waals surface area (Å²) in [7, 11) is -2.08. The standard InChI is InChI=1S/C63H85FN14O9S/c1-40-32-76(36-54(79)78-38-63(10,11)55-51(78)27-44(58(80)72(55)12)26-43-14-16-45(64)17-15-43)46(34-77(40)60(81)87-61(4,5)6)33-74-23-25-84-48(35-74)37-86-47-30-65-59(66-31-47)75-21-19-73(20-22-75)18-13-24-85-52-29-50-49(28-53(52)88(82,83)62(7,8)9)57(68-39-67-50)69-56-41(2)42(3)70-71-56/h14-17,27-31,39-40,46,48H,13,18-26,32-38H2,1-12H3,(H2,67,68,69,70,71)/t40-,46+,48-/m1/s1. The third-order valence-electron chi connectivity index (χ3n) is 17.1. The van der Waals surface area contributed by atoms with E-state index >= 15 is 0 Å². The number of anilines is 4. The summed E-state index contributed by atoms with van der Waals surface area (Å²) in [6, 6.07) is 10.8. The van der Waals surface area contributed by atoms with E-state index in [9.17, 15) is 27.2 Å². The Morgan fingerprint density at radius 3 is 2.32 bits per heavy atom. The van der Waals surface area contributed by atoms with Gasteiger partial charge in [-0.1, -0.05) is 26.0 Å². The van der Waals surface area contributed by atoms with E-state index in [1.165, 1.54) is 18.5 Å². The molecule has 0 saturated carbocycles. The van der Waals surface area contributed by atoms with Gasteiger partial charge in [-0.3, -0.25) is 29.4 Å². The van der Waals surface area contributed by atoms with Crippen molar-refractivity contribution in [1.29, 1.82) is 0 Å². The number of rotatable bonds is 18. The molecule has 0 bridgehead atoms. The minimum Gasteiger partial charge on any atom is -0.492 e. The molecule has 0 radical (unpaired) electrons. The zero-order chi connectivity index (χ0) is 63.0. The van der Waals surface area contributed by atoms with Crippen LogP contribution in [0.25, 0.3) is 10.9 Å². The predicted molar refractivity (Wildman–Crippen MR) is 334 cm³/mol. The maximum Gasteiger partial charge on any atom is 0.410 e. The smallest absolute Gasteiger partial charge is 0.410 e. The van der Waals surface area contributed by atoms with E-state index in [1.807, 2.05) is 61.5 Å². The Morgan fingerprint density at radius 2 is 1.64 bits per heavy atom. The molecule has 88 heavy (non-hydrogen) atoms. The number of hydrogen-bond donors (Lipinski definition) is 2. The molecular formula is C63H85FN14O9S. The summed E-state index contributed by atoms with van der Waals surface area (Å²) in [6.45, 7) is 28.3. The molecule has 0 spiro atoms. The number of nitrogens with one attached hydrogen (secondary N) is 2. The van der Waals surface area contributed by atoms with Crippen LogP contribution in [0.4, 0.5) is 32.5 Å². The molecule has 8 heterocycles. The number of halogens is 1. The third kappa shape index (κ3) is 14.2. The van der Waals surface area contributed by atoms with Gasteiger partial charge in [0.2, 0.25) is 11.9 Å². The predicted octanol–water partition coefficient (Wildman–Crippen LogP) is 6.81. The summed E-state index contributed by atoms with van der Waals surface area (Å²) < 4.78 is 67.1. The second-order valence-electron chi connectivity index (χ2n) is 26.4. The summed E-state index contributed by atoms with van der Waals surface area (Å²) in [5.41, 5.74) is 3.75. The Morgan fingerprint density at radius 1 is 0.909 bits per heavy atom. The van der Waals surface area contributed by atoms with Crippen molar-refractivity contribution < 1.29 is 41.3 Å². The van der Waals surface area contributed by atoms with Crippen LogP contribution in [-0.2, 0) is 43.0 Å². The SMILES string of the molecule is Cc1n[nH]c(Nc2ncnc3cc(OCCCN4CCN(c5ncc(OC[C@H]6CN(C[C@H]7CN(C(=O)OC(C)(C)C)[C@H](C)CN7CC(=O)N7CC(C)(C)c8c7cc(Cc7ccc(F)cc7)c(=O)n8C)CCO6)cn5)CC4)c(S(=O)(=O)C(C)(C)C)cc23)c1C. The first-order valence-corrected chi connectivity index (χ1v) is 31.8. The summed E-state index contributed by atoms with van der Waals surface area (Å²) >= 11 is 0. The number of pyridine rings is 1. The second-order valence-corrected chi connectivity index (χ2v) is 29.1. The van der Waals surface area contributed by atoms with Gasteiger partial charge < -0.3 is 43.5 Å². The molecule has 2 N–H and O–H groups in total. The highest BCUT2D eigenvalue weighted by Crippen LogP contribution is 2.41. The van der Waals surface area contributed by atoms with Crippen molar-refractivity contribution in [2.75, 3.05) is 113 Å². The average Bonchev–Trinajstić information content (AvgIpc) is 2.51. The maximum absolute atomic E-state index is 14.8. The lowest BCUT2D eigenvalue weighted by molar-refractivity contribution is -0.122. The largest absolute Gasteiger partial charge is 0.492 e. The summed E-state index contributed by atoms with van der Waals surface area (Å²) in [5.74, 6) is 2.04.